The molecule has 27 heavy (non-hydrogen) atoms. The van der Waals surface area contributed by atoms with Crippen LogP contribution in [0.1, 0.15) is 15.2 Å². The molecule has 3 rings (SSSR count). The monoisotopic (exact) mass is 468 g/mol. The molecule has 0 atom stereocenters. The molecule has 1 aromatic carbocycles. The van der Waals surface area contributed by atoms with Crippen LogP contribution >= 0.6 is 27.3 Å². The molecule has 1 amide bonds. The van der Waals surface area contributed by atoms with E-state index in [4.69, 9.17) is 0 Å². The van der Waals surface area contributed by atoms with Crippen LogP contribution in [0.2, 0.25) is 0 Å². The lowest BCUT2D eigenvalue weighted by Crippen LogP contribution is -2.22. The summed E-state index contributed by atoms with van der Waals surface area (Å²) in [6.07, 6.45) is 3.51. The Hall–Kier alpha value is -2.01. The Morgan fingerprint density at radius 1 is 1.22 bits per heavy atom. The van der Waals surface area contributed by atoms with Crippen molar-refractivity contribution in [3.8, 4) is 5.69 Å². The van der Waals surface area contributed by atoms with Gasteiger partial charge in [0.25, 0.3) is 15.9 Å². The fourth-order valence-electron chi connectivity index (χ4n) is 2.25. The first-order chi connectivity index (χ1) is 12.8. The van der Waals surface area contributed by atoms with E-state index in [9.17, 15) is 13.2 Å². The highest BCUT2D eigenvalue weighted by atomic mass is 79.9. The number of carbonyl (C=O) groups is 1. The number of nitrogens with one attached hydrogen (secondary N) is 1. The molecule has 0 saturated carbocycles. The summed E-state index contributed by atoms with van der Waals surface area (Å²) >= 11 is 4.49. The summed E-state index contributed by atoms with van der Waals surface area (Å²) in [7, 11) is -0.472. The SMILES string of the molecule is CN(C)S(=O)(=O)c1ccc(CNC(=O)c2ccc(-n3cc(Br)cn3)cc2)s1. The topological polar surface area (TPSA) is 84.3 Å². The van der Waals surface area contributed by atoms with E-state index in [1.807, 2.05) is 6.20 Å². The molecular formula is C17H17BrN4O3S2. The highest BCUT2D eigenvalue weighted by molar-refractivity contribution is 9.10. The van der Waals surface area contributed by atoms with Crippen LogP contribution in [0.3, 0.4) is 0 Å². The van der Waals surface area contributed by atoms with Gasteiger partial charge in [0, 0.05) is 30.7 Å². The maximum atomic E-state index is 12.3. The second-order valence-electron chi connectivity index (χ2n) is 5.84. The highest BCUT2D eigenvalue weighted by Gasteiger charge is 2.19. The predicted molar refractivity (Wildman–Crippen MR) is 108 cm³/mol. The first-order valence-electron chi connectivity index (χ1n) is 7.87. The lowest BCUT2D eigenvalue weighted by atomic mass is 10.2. The third-order valence-electron chi connectivity index (χ3n) is 3.74. The average molecular weight is 469 g/mol. The minimum atomic E-state index is -3.45. The van der Waals surface area contributed by atoms with Crippen LogP contribution in [0.5, 0.6) is 0 Å². The van der Waals surface area contributed by atoms with Gasteiger partial charge in [-0.2, -0.15) is 5.10 Å². The molecule has 0 radical (unpaired) electrons. The third-order valence-corrected chi connectivity index (χ3v) is 7.52. The van der Waals surface area contributed by atoms with E-state index in [0.717, 1.165) is 26.4 Å². The van der Waals surface area contributed by atoms with Crippen molar-refractivity contribution in [3.05, 3.63) is 63.7 Å². The second kappa shape index (κ2) is 7.93. The number of hydrogen-bond acceptors (Lipinski definition) is 5. The summed E-state index contributed by atoms with van der Waals surface area (Å²) in [6.45, 7) is 0.264. The van der Waals surface area contributed by atoms with E-state index in [1.54, 1.807) is 47.3 Å². The number of amides is 1. The molecule has 7 nitrogen and oxygen atoms in total. The van der Waals surface area contributed by atoms with Crippen LogP contribution in [0.25, 0.3) is 5.69 Å². The number of nitrogens with zero attached hydrogens (tertiary/aromatic N) is 3. The normalized spacial score (nSPS) is 11.7. The number of halogens is 1. The van der Waals surface area contributed by atoms with Gasteiger partial charge in [0.2, 0.25) is 0 Å². The Bertz CT molecular complexity index is 1060. The molecular weight excluding hydrogens is 452 g/mol. The molecule has 0 bridgehead atoms. The van der Waals surface area contributed by atoms with Crippen LogP contribution < -0.4 is 5.32 Å². The molecule has 2 aromatic heterocycles. The number of hydrogen-bond donors (Lipinski definition) is 1. The molecule has 10 heteroatoms. The van der Waals surface area contributed by atoms with Crippen LogP contribution in [0.15, 0.2) is 57.5 Å². The molecule has 0 fully saturated rings. The van der Waals surface area contributed by atoms with E-state index in [2.05, 4.69) is 26.3 Å². The van der Waals surface area contributed by atoms with Gasteiger partial charge >= 0.3 is 0 Å². The lowest BCUT2D eigenvalue weighted by molar-refractivity contribution is 0.0951. The van der Waals surface area contributed by atoms with E-state index in [0.29, 0.717) is 5.56 Å². The van der Waals surface area contributed by atoms with Gasteiger partial charge in [-0.1, -0.05) is 0 Å². The number of carbonyl (C=O) groups excluding carboxylic acids is 1. The lowest BCUT2D eigenvalue weighted by Gasteiger charge is -2.08. The summed E-state index contributed by atoms with van der Waals surface area (Å²) in [5.74, 6) is -0.228. The number of rotatable bonds is 6. The summed E-state index contributed by atoms with van der Waals surface area (Å²) in [6, 6.07) is 10.3. The number of aromatic nitrogens is 2. The zero-order valence-corrected chi connectivity index (χ0v) is 17.8. The van der Waals surface area contributed by atoms with Gasteiger partial charge in [0.05, 0.1) is 22.9 Å². The first-order valence-corrected chi connectivity index (χ1v) is 10.9. The summed E-state index contributed by atoms with van der Waals surface area (Å²) < 4.78 is 28.2. The van der Waals surface area contributed by atoms with Gasteiger partial charge in [-0.25, -0.2) is 17.4 Å². The molecule has 142 valence electrons. The molecule has 3 aromatic rings. The largest absolute Gasteiger partial charge is 0.347 e. The average Bonchev–Trinajstić information content (AvgIpc) is 3.29. The van der Waals surface area contributed by atoms with Crippen molar-refractivity contribution in [3.63, 3.8) is 0 Å². The smallest absolute Gasteiger partial charge is 0.252 e. The maximum absolute atomic E-state index is 12.3. The van der Waals surface area contributed by atoms with Gasteiger partial charge in [-0.15, -0.1) is 11.3 Å². The van der Waals surface area contributed by atoms with Crippen molar-refractivity contribution < 1.29 is 13.2 Å². The van der Waals surface area contributed by atoms with Crippen molar-refractivity contribution in [2.45, 2.75) is 10.8 Å². The maximum Gasteiger partial charge on any atom is 0.252 e. The van der Waals surface area contributed by atoms with E-state index in [1.165, 1.54) is 18.4 Å². The Labute approximate surface area is 169 Å². The Balaban J connectivity index is 1.64. The molecule has 0 spiro atoms. The standard InChI is InChI=1S/C17H17BrN4O3S2/c1-21(2)27(24,25)16-8-7-15(26-16)10-19-17(23)12-3-5-14(6-4-12)22-11-13(18)9-20-22/h3-9,11H,10H2,1-2H3,(H,19,23). The third kappa shape index (κ3) is 4.46. The van der Waals surface area contributed by atoms with Gasteiger partial charge in [0.15, 0.2) is 0 Å². The quantitative estimate of drug-likeness (QED) is 0.602. The molecule has 2 heterocycles. The highest BCUT2D eigenvalue weighted by Crippen LogP contribution is 2.23. The zero-order chi connectivity index (χ0) is 19.6. The summed E-state index contributed by atoms with van der Waals surface area (Å²) in [5.41, 5.74) is 1.36. The number of thiophene rings is 1. The minimum absolute atomic E-state index is 0.228. The number of benzene rings is 1. The fraction of sp³-hybridized carbons (Fsp3) is 0.176. The van der Waals surface area contributed by atoms with Crippen LogP contribution in [0, 0.1) is 0 Å². The number of sulfonamides is 1. The zero-order valence-electron chi connectivity index (χ0n) is 14.6. The molecule has 0 aliphatic rings. The Morgan fingerprint density at radius 2 is 1.93 bits per heavy atom. The summed E-state index contributed by atoms with van der Waals surface area (Å²) in [5, 5.41) is 6.99. The van der Waals surface area contributed by atoms with Gasteiger partial charge < -0.3 is 5.32 Å². The Morgan fingerprint density at radius 3 is 2.52 bits per heavy atom. The summed E-state index contributed by atoms with van der Waals surface area (Å²) in [4.78, 5) is 13.1. The first kappa shape index (κ1) is 19.7. The van der Waals surface area contributed by atoms with Crippen molar-refractivity contribution in [2.75, 3.05) is 14.1 Å². The van der Waals surface area contributed by atoms with Crippen molar-refractivity contribution in [2.24, 2.45) is 0 Å². The molecule has 1 N–H and O–H groups in total. The van der Waals surface area contributed by atoms with Gasteiger partial charge in [-0.3, -0.25) is 4.79 Å². The van der Waals surface area contributed by atoms with E-state index in [-0.39, 0.29) is 16.7 Å². The fourth-order valence-corrected chi connectivity index (χ4v) is 5.00. The minimum Gasteiger partial charge on any atom is -0.347 e. The van der Waals surface area contributed by atoms with Crippen LogP contribution in [-0.2, 0) is 16.6 Å². The van der Waals surface area contributed by atoms with E-state index >= 15 is 0 Å². The van der Waals surface area contributed by atoms with Crippen molar-refractivity contribution >= 4 is 43.2 Å². The predicted octanol–water partition coefficient (Wildman–Crippen LogP) is 2.88. The Kier molecular flexibility index (Phi) is 5.80. The molecule has 0 unspecified atom stereocenters. The van der Waals surface area contributed by atoms with Crippen molar-refractivity contribution in [1.82, 2.24) is 19.4 Å². The van der Waals surface area contributed by atoms with E-state index < -0.39 is 10.0 Å². The van der Waals surface area contributed by atoms with Crippen LogP contribution in [0.4, 0.5) is 0 Å². The molecule has 0 saturated heterocycles. The molecule has 0 aliphatic heterocycles. The van der Waals surface area contributed by atoms with Crippen molar-refractivity contribution in [1.29, 1.82) is 0 Å². The van der Waals surface area contributed by atoms with Gasteiger partial charge in [-0.05, 0) is 52.3 Å². The van der Waals surface area contributed by atoms with Crippen LogP contribution in [-0.4, -0.2) is 42.5 Å². The molecule has 0 aliphatic carbocycles. The van der Waals surface area contributed by atoms with Gasteiger partial charge in [0.1, 0.15) is 4.21 Å². The second-order valence-corrected chi connectivity index (χ2v) is 10.3.